The van der Waals surface area contributed by atoms with Crippen molar-refractivity contribution in [3.8, 4) is 16.3 Å². The Morgan fingerprint density at radius 1 is 1.00 bits per heavy atom. The summed E-state index contributed by atoms with van der Waals surface area (Å²) in [6, 6.07) is 23.6. The predicted octanol–water partition coefficient (Wildman–Crippen LogP) is 6.10. The number of hydrogen-bond acceptors (Lipinski definition) is 4. The number of amides is 1. The third-order valence-corrected chi connectivity index (χ3v) is 5.69. The van der Waals surface area contributed by atoms with Crippen molar-refractivity contribution >= 4 is 33.1 Å². The fourth-order valence-corrected chi connectivity index (χ4v) is 4.19. The Bertz CT molecular complexity index is 1120. The standard InChI is InChI=1S/C24H22N2O2S/c1-16(2)17-9-4-7-13-21(17)28-15-23(27)25-19-11-5-3-10-18(19)24-26-20-12-6-8-14-22(20)29-24/h3-14,16H,15H2,1-2H3,(H,25,27). The van der Waals surface area contributed by atoms with Gasteiger partial charge in [0.2, 0.25) is 0 Å². The zero-order valence-corrected chi connectivity index (χ0v) is 17.2. The van der Waals surface area contributed by atoms with Crippen LogP contribution in [-0.4, -0.2) is 17.5 Å². The van der Waals surface area contributed by atoms with E-state index in [4.69, 9.17) is 9.72 Å². The Hall–Kier alpha value is -3.18. The Balaban J connectivity index is 1.51. The molecule has 1 heterocycles. The first kappa shape index (κ1) is 19.2. The number of para-hydroxylation sites is 3. The Labute approximate surface area is 174 Å². The number of nitrogens with zero attached hydrogens (tertiary/aromatic N) is 1. The van der Waals surface area contributed by atoms with E-state index in [1.54, 1.807) is 11.3 Å². The van der Waals surface area contributed by atoms with Gasteiger partial charge in [-0.3, -0.25) is 4.79 Å². The molecule has 0 radical (unpaired) electrons. The van der Waals surface area contributed by atoms with Gasteiger partial charge in [0, 0.05) is 5.56 Å². The molecule has 0 unspecified atom stereocenters. The van der Waals surface area contributed by atoms with E-state index in [-0.39, 0.29) is 12.5 Å². The third-order valence-electron chi connectivity index (χ3n) is 4.63. The smallest absolute Gasteiger partial charge is 0.262 e. The Morgan fingerprint density at radius 2 is 1.72 bits per heavy atom. The highest BCUT2D eigenvalue weighted by molar-refractivity contribution is 7.21. The second kappa shape index (κ2) is 8.45. The van der Waals surface area contributed by atoms with Crippen molar-refractivity contribution < 1.29 is 9.53 Å². The molecule has 4 rings (SSSR count). The van der Waals surface area contributed by atoms with Gasteiger partial charge in [0.25, 0.3) is 5.91 Å². The van der Waals surface area contributed by atoms with Gasteiger partial charge in [-0.2, -0.15) is 0 Å². The summed E-state index contributed by atoms with van der Waals surface area (Å²) in [5.41, 5.74) is 3.69. The SMILES string of the molecule is CC(C)c1ccccc1OCC(=O)Nc1ccccc1-c1nc2ccccc2s1. The lowest BCUT2D eigenvalue weighted by molar-refractivity contribution is -0.118. The molecular formula is C24H22N2O2S. The van der Waals surface area contributed by atoms with Crippen molar-refractivity contribution in [2.24, 2.45) is 0 Å². The summed E-state index contributed by atoms with van der Waals surface area (Å²) in [5, 5.41) is 3.86. The van der Waals surface area contributed by atoms with Gasteiger partial charge in [-0.1, -0.05) is 56.3 Å². The van der Waals surface area contributed by atoms with Gasteiger partial charge in [0.1, 0.15) is 10.8 Å². The maximum Gasteiger partial charge on any atom is 0.262 e. The topological polar surface area (TPSA) is 51.2 Å². The van der Waals surface area contributed by atoms with Crippen LogP contribution in [0.3, 0.4) is 0 Å². The largest absolute Gasteiger partial charge is 0.483 e. The molecule has 5 heteroatoms. The first-order valence-electron chi connectivity index (χ1n) is 9.58. The minimum atomic E-state index is -0.197. The van der Waals surface area contributed by atoms with Gasteiger partial charge in [0.15, 0.2) is 6.61 Å². The average molecular weight is 403 g/mol. The van der Waals surface area contributed by atoms with Crippen LogP contribution in [0, 0.1) is 0 Å². The lowest BCUT2D eigenvalue weighted by Crippen LogP contribution is -2.21. The van der Waals surface area contributed by atoms with Crippen LogP contribution in [0.4, 0.5) is 5.69 Å². The van der Waals surface area contributed by atoms with E-state index in [1.807, 2.05) is 66.7 Å². The second-order valence-electron chi connectivity index (χ2n) is 7.06. The summed E-state index contributed by atoms with van der Waals surface area (Å²) in [6.45, 7) is 4.17. The van der Waals surface area contributed by atoms with Crippen molar-refractivity contribution in [3.63, 3.8) is 0 Å². The van der Waals surface area contributed by atoms with E-state index in [1.165, 1.54) is 0 Å². The predicted molar refractivity (Wildman–Crippen MR) is 120 cm³/mol. The van der Waals surface area contributed by atoms with Crippen molar-refractivity contribution in [2.75, 3.05) is 11.9 Å². The lowest BCUT2D eigenvalue weighted by Gasteiger charge is -2.14. The molecular weight excluding hydrogens is 380 g/mol. The quantitative estimate of drug-likeness (QED) is 0.424. The average Bonchev–Trinajstić information content (AvgIpc) is 3.17. The zero-order valence-electron chi connectivity index (χ0n) is 16.4. The summed E-state index contributed by atoms with van der Waals surface area (Å²) in [7, 11) is 0. The number of rotatable bonds is 6. The molecule has 3 aromatic carbocycles. The van der Waals surface area contributed by atoms with Crippen molar-refractivity contribution in [1.29, 1.82) is 0 Å². The highest BCUT2D eigenvalue weighted by Crippen LogP contribution is 2.34. The van der Waals surface area contributed by atoms with Crippen molar-refractivity contribution in [1.82, 2.24) is 4.98 Å². The summed E-state index contributed by atoms with van der Waals surface area (Å²) in [6.07, 6.45) is 0. The van der Waals surface area contributed by atoms with E-state index in [9.17, 15) is 4.79 Å². The van der Waals surface area contributed by atoms with Gasteiger partial charge in [-0.05, 0) is 41.8 Å². The Morgan fingerprint density at radius 3 is 2.55 bits per heavy atom. The maximum atomic E-state index is 12.6. The molecule has 1 aromatic heterocycles. The fourth-order valence-electron chi connectivity index (χ4n) is 3.18. The monoisotopic (exact) mass is 402 g/mol. The summed E-state index contributed by atoms with van der Waals surface area (Å²) >= 11 is 1.61. The van der Waals surface area contributed by atoms with Crippen LogP contribution >= 0.6 is 11.3 Å². The van der Waals surface area contributed by atoms with E-state index < -0.39 is 0 Å². The molecule has 0 aliphatic rings. The third kappa shape index (κ3) is 4.30. The molecule has 4 aromatic rings. The van der Waals surface area contributed by atoms with Gasteiger partial charge >= 0.3 is 0 Å². The highest BCUT2D eigenvalue weighted by atomic mass is 32.1. The molecule has 0 atom stereocenters. The summed E-state index contributed by atoms with van der Waals surface area (Å²) in [5.74, 6) is 0.878. The summed E-state index contributed by atoms with van der Waals surface area (Å²) < 4.78 is 6.92. The second-order valence-corrected chi connectivity index (χ2v) is 8.09. The van der Waals surface area contributed by atoms with Gasteiger partial charge in [0.05, 0.1) is 15.9 Å². The van der Waals surface area contributed by atoms with Crippen LogP contribution in [0.15, 0.2) is 72.8 Å². The number of ether oxygens (including phenoxy) is 1. The van der Waals surface area contributed by atoms with E-state index in [2.05, 4.69) is 25.2 Å². The zero-order chi connectivity index (χ0) is 20.2. The van der Waals surface area contributed by atoms with Crippen LogP contribution in [0.5, 0.6) is 5.75 Å². The molecule has 146 valence electrons. The molecule has 0 aliphatic heterocycles. The molecule has 0 saturated carbocycles. The maximum absolute atomic E-state index is 12.6. The fraction of sp³-hybridized carbons (Fsp3) is 0.167. The minimum absolute atomic E-state index is 0.0437. The molecule has 1 amide bonds. The minimum Gasteiger partial charge on any atom is -0.483 e. The number of thiazole rings is 1. The number of fused-ring (bicyclic) bond motifs is 1. The van der Waals surface area contributed by atoms with Crippen LogP contribution < -0.4 is 10.1 Å². The molecule has 29 heavy (non-hydrogen) atoms. The van der Waals surface area contributed by atoms with Gasteiger partial charge < -0.3 is 10.1 Å². The van der Waals surface area contributed by atoms with Crippen molar-refractivity contribution in [2.45, 2.75) is 19.8 Å². The van der Waals surface area contributed by atoms with Crippen LogP contribution in [0.1, 0.15) is 25.3 Å². The van der Waals surface area contributed by atoms with Crippen LogP contribution in [-0.2, 0) is 4.79 Å². The highest BCUT2D eigenvalue weighted by Gasteiger charge is 2.14. The normalized spacial score (nSPS) is 11.0. The lowest BCUT2D eigenvalue weighted by atomic mass is 10.0. The van der Waals surface area contributed by atoms with E-state index in [0.29, 0.717) is 5.92 Å². The van der Waals surface area contributed by atoms with Gasteiger partial charge in [-0.25, -0.2) is 4.98 Å². The van der Waals surface area contributed by atoms with Crippen molar-refractivity contribution in [3.05, 3.63) is 78.4 Å². The van der Waals surface area contributed by atoms with E-state index >= 15 is 0 Å². The first-order valence-corrected chi connectivity index (χ1v) is 10.4. The number of anilines is 1. The Kier molecular flexibility index (Phi) is 5.58. The number of carbonyl (C=O) groups excluding carboxylic acids is 1. The molecule has 0 bridgehead atoms. The number of aromatic nitrogens is 1. The molecule has 0 spiro atoms. The molecule has 0 fully saturated rings. The molecule has 1 N–H and O–H groups in total. The number of carbonyl (C=O) groups is 1. The molecule has 0 aliphatic carbocycles. The summed E-state index contributed by atoms with van der Waals surface area (Å²) in [4.78, 5) is 17.3. The van der Waals surface area contributed by atoms with Crippen LogP contribution in [0.25, 0.3) is 20.8 Å². The van der Waals surface area contributed by atoms with Gasteiger partial charge in [-0.15, -0.1) is 11.3 Å². The number of hydrogen-bond donors (Lipinski definition) is 1. The molecule has 0 saturated heterocycles. The van der Waals surface area contributed by atoms with Crippen LogP contribution in [0.2, 0.25) is 0 Å². The van der Waals surface area contributed by atoms with E-state index in [0.717, 1.165) is 37.8 Å². The molecule has 4 nitrogen and oxygen atoms in total. The number of benzene rings is 3. The number of nitrogens with one attached hydrogen (secondary N) is 1. The first-order chi connectivity index (χ1) is 14.1.